The molecule has 0 aliphatic heterocycles. The van der Waals surface area contributed by atoms with Crippen molar-refractivity contribution in [3.63, 3.8) is 0 Å². The summed E-state index contributed by atoms with van der Waals surface area (Å²) in [7, 11) is 0. The fourth-order valence-corrected chi connectivity index (χ4v) is 8.58. The maximum Gasteiger partial charge on any atom is 0.164 e. The van der Waals surface area contributed by atoms with Gasteiger partial charge in [-0.05, 0) is 57.9 Å². The van der Waals surface area contributed by atoms with E-state index in [2.05, 4.69) is 156 Å². The Morgan fingerprint density at radius 1 is 0.357 bits per heavy atom. The van der Waals surface area contributed by atoms with Crippen LogP contribution in [0.2, 0.25) is 0 Å². The van der Waals surface area contributed by atoms with Gasteiger partial charge in [0.05, 0.1) is 16.7 Å². The highest BCUT2D eigenvalue weighted by atomic mass is 16.3. The summed E-state index contributed by atoms with van der Waals surface area (Å²) in [5, 5.41) is 11.4. The largest absolute Gasteiger partial charge is 0.455 e. The molecule has 3 aromatic heterocycles. The first-order valence-corrected chi connectivity index (χ1v) is 18.9. The normalized spacial score (nSPS) is 11.9. The van der Waals surface area contributed by atoms with Crippen LogP contribution in [-0.4, -0.2) is 19.5 Å². The molecular formula is C51H30N4O. The summed E-state index contributed by atoms with van der Waals surface area (Å²) in [5.41, 5.74) is 7.85. The van der Waals surface area contributed by atoms with Crippen molar-refractivity contribution < 1.29 is 4.42 Å². The molecule has 0 unspecified atom stereocenters. The van der Waals surface area contributed by atoms with Gasteiger partial charge in [0.2, 0.25) is 0 Å². The third kappa shape index (κ3) is 4.64. The Kier molecular flexibility index (Phi) is 6.56. The predicted octanol–water partition coefficient (Wildman–Crippen LogP) is 13.3. The molecule has 0 saturated heterocycles. The zero-order valence-corrected chi connectivity index (χ0v) is 30.0. The lowest BCUT2D eigenvalue weighted by atomic mass is 10.0. The van der Waals surface area contributed by atoms with Crippen molar-refractivity contribution in [2.75, 3.05) is 0 Å². The summed E-state index contributed by atoms with van der Waals surface area (Å²) in [6, 6.07) is 63.9. The van der Waals surface area contributed by atoms with Gasteiger partial charge in [0.15, 0.2) is 17.5 Å². The van der Waals surface area contributed by atoms with Gasteiger partial charge in [0.25, 0.3) is 0 Å². The molecule has 260 valence electrons. The average molecular weight is 715 g/mol. The SMILES string of the molecule is c1ccc(-c2nc(-c3ccc4c(c3)oc3c5ccccc5c(-n5c6ccccc6c6cc7ccccc7cc65)cc43)nc(-c3cccc4ccccc34)n2)cc1. The minimum atomic E-state index is 0.590. The Morgan fingerprint density at radius 2 is 1.00 bits per heavy atom. The van der Waals surface area contributed by atoms with Gasteiger partial charge >= 0.3 is 0 Å². The van der Waals surface area contributed by atoms with Crippen LogP contribution in [0.4, 0.5) is 0 Å². The second kappa shape index (κ2) is 11.9. The van der Waals surface area contributed by atoms with Crippen LogP contribution in [0.5, 0.6) is 0 Å². The van der Waals surface area contributed by atoms with Crippen molar-refractivity contribution in [1.82, 2.24) is 19.5 Å². The van der Waals surface area contributed by atoms with Crippen molar-refractivity contribution in [3.05, 3.63) is 182 Å². The molecule has 12 aromatic rings. The topological polar surface area (TPSA) is 56.7 Å². The monoisotopic (exact) mass is 714 g/mol. The maximum absolute atomic E-state index is 6.84. The van der Waals surface area contributed by atoms with Gasteiger partial charge in [-0.3, -0.25) is 0 Å². The van der Waals surface area contributed by atoms with Crippen molar-refractivity contribution in [1.29, 1.82) is 0 Å². The molecule has 0 N–H and O–H groups in total. The smallest absolute Gasteiger partial charge is 0.164 e. The second-order valence-corrected chi connectivity index (χ2v) is 14.4. The van der Waals surface area contributed by atoms with Gasteiger partial charge in [-0.2, -0.15) is 0 Å². The number of para-hydroxylation sites is 1. The Bertz CT molecular complexity index is 3540. The molecule has 0 saturated carbocycles. The van der Waals surface area contributed by atoms with E-state index in [1.807, 2.05) is 30.3 Å². The van der Waals surface area contributed by atoms with Crippen LogP contribution in [0.1, 0.15) is 0 Å². The number of nitrogens with zero attached hydrogens (tertiary/aromatic N) is 4. The zero-order chi connectivity index (χ0) is 36.7. The van der Waals surface area contributed by atoms with Crippen molar-refractivity contribution >= 4 is 76.1 Å². The summed E-state index contributed by atoms with van der Waals surface area (Å²) in [6.45, 7) is 0. The first kappa shape index (κ1) is 30.8. The van der Waals surface area contributed by atoms with Gasteiger partial charge in [-0.15, -0.1) is 0 Å². The van der Waals surface area contributed by atoms with Crippen LogP contribution in [0.25, 0.3) is 116 Å². The summed E-state index contributed by atoms with van der Waals surface area (Å²) >= 11 is 0. The maximum atomic E-state index is 6.84. The molecule has 0 bridgehead atoms. The number of aromatic nitrogens is 4. The van der Waals surface area contributed by atoms with E-state index in [0.29, 0.717) is 17.5 Å². The molecule has 0 amide bonds. The number of furan rings is 1. The average Bonchev–Trinajstić information content (AvgIpc) is 3.80. The molecular weight excluding hydrogens is 685 g/mol. The molecule has 56 heavy (non-hydrogen) atoms. The molecule has 0 aliphatic carbocycles. The van der Waals surface area contributed by atoms with Crippen LogP contribution < -0.4 is 0 Å². The van der Waals surface area contributed by atoms with Crippen LogP contribution in [-0.2, 0) is 0 Å². The van der Waals surface area contributed by atoms with E-state index in [0.717, 1.165) is 65.9 Å². The lowest BCUT2D eigenvalue weighted by molar-refractivity contribution is 0.672. The first-order chi connectivity index (χ1) is 27.7. The molecule has 0 radical (unpaired) electrons. The fraction of sp³-hybridized carbons (Fsp3) is 0. The van der Waals surface area contributed by atoms with Gasteiger partial charge in [-0.25, -0.2) is 15.0 Å². The lowest BCUT2D eigenvalue weighted by Crippen LogP contribution is -2.00. The summed E-state index contributed by atoms with van der Waals surface area (Å²) in [5.74, 6) is 1.84. The Labute approximate surface area is 320 Å². The Hall–Kier alpha value is -7.63. The minimum Gasteiger partial charge on any atom is -0.455 e. The number of benzene rings is 9. The molecule has 0 atom stereocenters. The van der Waals surface area contributed by atoms with E-state index in [-0.39, 0.29) is 0 Å². The highest BCUT2D eigenvalue weighted by molar-refractivity contribution is 6.20. The molecule has 5 heteroatoms. The number of rotatable bonds is 4. The highest BCUT2D eigenvalue weighted by Gasteiger charge is 2.21. The van der Waals surface area contributed by atoms with Crippen LogP contribution in [0.3, 0.4) is 0 Å². The summed E-state index contributed by atoms with van der Waals surface area (Å²) in [4.78, 5) is 15.2. The van der Waals surface area contributed by atoms with E-state index >= 15 is 0 Å². The quantitative estimate of drug-likeness (QED) is 0.182. The Balaban J connectivity index is 1.09. The van der Waals surface area contributed by atoms with Crippen LogP contribution >= 0.6 is 0 Å². The van der Waals surface area contributed by atoms with E-state index in [1.165, 1.54) is 32.6 Å². The molecule has 0 spiro atoms. The molecule has 0 fully saturated rings. The fourth-order valence-electron chi connectivity index (χ4n) is 8.58. The number of fused-ring (bicyclic) bond motifs is 10. The lowest BCUT2D eigenvalue weighted by Gasteiger charge is -2.13. The minimum absolute atomic E-state index is 0.590. The van der Waals surface area contributed by atoms with Crippen LogP contribution in [0.15, 0.2) is 186 Å². The molecule has 9 aromatic carbocycles. The highest BCUT2D eigenvalue weighted by Crippen LogP contribution is 2.42. The molecule has 5 nitrogen and oxygen atoms in total. The Morgan fingerprint density at radius 3 is 1.84 bits per heavy atom. The third-order valence-corrected chi connectivity index (χ3v) is 11.2. The van der Waals surface area contributed by atoms with Gasteiger partial charge in [-0.1, -0.05) is 146 Å². The van der Waals surface area contributed by atoms with Gasteiger partial charge < -0.3 is 8.98 Å². The van der Waals surface area contributed by atoms with Crippen molar-refractivity contribution in [2.24, 2.45) is 0 Å². The van der Waals surface area contributed by atoms with Crippen LogP contribution in [0, 0.1) is 0 Å². The summed E-state index contributed by atoms with van der Waals surface area (Å²) < 4.78 is 9.27. The summed E-state index contributed by atoms with van der Waals surface area (Å²) in [6.07, 6.45) is 0. The molecule has 12 rings (SSSR count). The van der Waals surface area contributed by atoms with E-state index < -0.39 is 0 Å². The van der Waals surface area contributed by atoms with Gasteiger partial charge in [0, 0.05) is 49.0 Å². The van der Waals surface area contributed by atoms with Crippen molar-refractivity contribution in [3.8, 4) is 39.9 Å². The standard InChI is InChI=1S/C51H30N4O/c1-2-14-32(15-3-1)49-52-50(54-51(53-49)41-23-12-18-31-13-6-7-19-36(31)41)35-25-26-39-43-30-46(37-20-8-9-22-40(37)48(43)56-47(39)29-35)55-44-24-11-10-21-38(44)42-27-33-16-4-5-17-34(33)28-45(42)55/h1-30H. The first-order valence-electron chi connectivity index (χ1n) is 18.9. The second-order valence-electron chi connectivity index (χ2n) is 14.4. The molecule has 3 heterocycles. The number of hydrogen-bond donors (Lipinski definition) is 0. The van der Waals surface area contributed by atoms with E-state index in [4.69, 9.17) is 19.4 Å². The zero-order valence-electron chi connectivity index (χ0n) is 30.0. The van der Waals surface area contributed by atoms with E-state index in [9.17, 15) is 0 Å². The van der Waals surface area contributed by atoms with Crippen molar-refractivity contribution in [2.45, 2.75) is 0 Å². The van der Waals surface area contributed by atoms with Gasteiger partial charge in [0.1, 0.15) is 11.2 Å². The van der Waals surface area contributed by atoms with E-state index in [1.54, 1.807) is 0 Å². The number of hydrogen-bond acceptors (Lipinski definition) is 4. The third-order valence-electron chi connectivity index (χ3n) is 11.2. The predicted molar refractivity (Wildman–Crippen MR) is 230 cm³/mol. The molecule has 0 aliphatic rings.